The highest BCUT2D eigenvalue weighted by molar-refractivity contribution is 6.14. The third-order valence-electron chi connectivity index (χ3n) is 6.59. The molecule has 1 unspecified atom stereocenters. The topological polar surface area (TPSA) is 91.2 Å². The van der Waals surface area contributed by atoms with Gasteiger partial charge in [0.1, 0.15) is 30.6 Å². The van der Waals surface area contributed by atoms with Gasteiger partial charge in [0.2, 0.25) is 0 Å². The largest absolute Gasteiger partial charge is 0.493 e. The van der Waals surface area contributed by atoms with Crippen molar-refractivity contribution in [2.24, 2.45) is 9.98 Å². The Morgan fingerprint density at radius 2 is 2.00 bits per heavy atom. The first kappa shape index (κ1) is 25.6. The van der Waals surface area contributed by atoms with Gasteiger partial charge in [0.25, 0.3) is 5.91 Å². The second-order valence-corrected chi connectivity index (χ2v) is 9.28. The summed E-state index contributed by atoms with van der Waals surface area (Å²) in [4.78, 5) is 28.3. The molecule has 1 N–H and O–H groups in total. The van der Waals surface area contributed by atoms with Crippen molar-refractivity contribution in [3.05, 3.63) is 34.8 Å². The summed E-state index contributed by atoms with van der Waals surface area (Å²) in [7, 11) is 5.97. The lowest BCUT2D eigenvalue weighted by Gasteiger charge is -2.28. The molecule has 10 nitrogen and oxygen atoms in total. The Hall–Kier alpha value is -2.53. The number of carbonyl (C=O) groups is 1. The van der Waals surface area contributed by atoms with Crippen LogP contribution in [0.5, 0.6) is 0 Å². The first-order chi connectivity index (χ1) is 17.0. The fourth-order valence-corrected chi connectivity index (χ4v) is 4.65. The molecule has 1 aliphatic carbocycles. The Bertz CT molecular complexity index is 940. The van der Waals surface area contributed by atoms with Crippen LogP contribution in [-0.2, 0) is 19.0 Å². The van der Waals surface area contributed by atoms with Crippen LogP contribution in [0.4, 0.5) is 0 Å². The average Bonchev–Trinajstić information content (AvgIpc) is 3.08. The maximum absolute atomic E-state index is 13.1. The zero-order valence-corrected chi connectivity index (χ0v) is 21.3. The molecule has 0 fully saturated rings. The maximum atomic E-state index is 13.1. The average molecular weight is 487 g/mol. The van der Waals surface area contributed by atoms with E-state index in [-0.39, 0.29) is 18.2 Å². The highest BCUT2D eigenvalue weighted by atomic mass is 16.6. The number of nitrogens with zero attached hydrogens (tertiary/aromatic N) is 5. The van der Waals surface area contributed by atoms with Crippen LogP contribution in [0.25, 0.3) is 0 Å². The molecular weight excluding hydrogens is 448 g/mol. The van der Waals surface area contributed by atoms with Crippen molar-refractivity contribution in [1.29, 1.82) is 0 Å². The van der Waals surface area contributed by atoms with Gasteiger partial charge < -0.3 is 34.2 Å². The molecule has 4 rings (SSSR count). The van der Waals surface area contributed by atoms with E-state index in [2.05, 4.69) is 51.3 Å². The van der Waals surface area contributed by atoms with Gasteiger partial charge in [0.15, 0.2) is 6.17 Å². The fourth-order valence-electron chi connectivity index (χ4n) is 4.65. The van der Waals surface area contributed by atoms with Gasteiger partial charge in [-0.05, 0) is 52.7 Å². The van der Waals surface area contributed by atoms with Crippen LogP contribution in [0.2, 0.25) is 0 Å². The minimum atomic E-state index is -0.347. The van der Waals surface area contributed by atoms with Crippen molar-refractivity contribution in [3.8, 4) is 0 Å². The van der Waals surface area contributed by atoms with Crippen LogP contribution in [0.3, 0.4) is 0 Å². The number of amides is 1. The Balaban J connectivity index is 1.59. The zero-order chi connectivity index (χ0) is 24.8. The normalized spacial score (nSPS) is 26.7. The number of rotatable bonds is 5. The van der Waals surface area contributed by atoms with Gasteiger partial charge in [0.05, 0.1) is 13.2 Å². The molecule has 2 atom stereocenters. The number of ether oxygens (including phenoxy) is 3. The quantitative estimate of drug-likeness (QED) is 0.580. The number of aliphatic imine (C=N–C) groups is 2. The highest BCUT2D eigenvalue weighted by Gasteiger charge is 2.40. The molecule has 0 radical (unpaired) electrons. The zero-order valence-electron chi connectivity index (χ0n) is 21.3. The van der Waals surface area contributed by atoms with Gasteiger partial charge >= 0.3 is 0 Å². The number of hydrogen-bond acceptors (Lipinski definition) is 9. The molecular formula is C25H38N6O4. The van der Waals surface area contributed by atoms with E-state index in [4.69, 9.17) is 14.2 Å². The molecule has 0 aromatic rings. The molecule has 0 spiro atoms. The van der Waals surface area contributed by atoms with Gasteiger partial charge in [-0.1, -0.05) is 0 Å². The minimum absolute atomic E-state index is 0.00680. The Morgan fingerprint density at radius 3 is 2.83 bits per heavy atom. The summed E-state index contributed by atoms with van der Waals surface area (Å²) < 4.78 is 17.7. The molecule has 3 heterocycles. The van der Waals surface area contributed by atoms with Crippen molar-refractivity contribution >= 4 is 18.1 Å². The van der Waals surface area contributed by atoms with Crippen LogP contribution < -0.4 is 5.32 Å². The summed E-state index contributed by atoms with van der Waals surface area (Å²) in [5.41, 5.74) is 2.57. The van der Waals surface area contributed by atoms with Crippen LogP contribution >= 0.6 is 0 Å². The van der Waals surface area contributed by atoms with Gasteiger partial charge in [-0.2, -0.15) is 0 Å². The number of carbonyl (C=O) groups excluding carboxylic acids is 1. The number of amidine groups is 1. The second-order valence-electron chi connectivity index (χ2n) is 9.28. The molecule has 2 bridgehead atoms. The SMILES string of the molecule is CCOCCOC1=CCC2=C[C@H]1OCCN(C)CCCN(C)CC1=C3C(=NC=NC3N(C)C1=O)N2. The van der Waals surface area contributed by atoms with Crippen molar-refractivity contribution in [2.75, 3.05) is 73.7 Å². The smallest absolute Gasteiger partial charge is 0.253 e. The molecule has 10 heteroatoms. The molecule has 0 aromatic carbocycles. The number of nitrogens with one attached hydrogen (secondary N) is 1. The standard InChI is InChI=1S/C25H38N6O4/c1-5-33-13-14-35-20-8-7-18-15-21(20)34-12-11-29(2)9-6-10-30(3)16-19-22-23(28-18)26-17-27-24(22)31(4)25(19)32/h8,15,17,21,24H,5-7,9-14,16H2,1-4H3,(H,26,27,28)/t21-,24?/m1/s1. The second kappa shape index (κ2) is 11.9. The van der Waals surface area contributed by atoms with E-state index in [1.165, 1.54) is 6.34 Å². The third-order valence-corrected chi connectivity index (χ3v) is 6.59. The van der Waals surface area contributed by atoms with Gasteiger partial charge in [0, 0.05) is 50.0 Å². The van der Waals surface area contributed by atoms with E-state index in [9.17, 15) is 4.79 Å². The lowest BCUT2D eigenvalue weighted by Crippen LogP contribution is -2.38. The summed E-state index contributed by atoms with van der Waals surface area (Å²) >= 11 is 0. The van der Waals surface area contributed by atoms with Crippen molar-refractivity contribution in [1.82, 2.24) is 20.0 Å². The molecule has 35 heavy (non-hydrogen) atoms. The summed E-state index contributed by atoms with van der Waals surface area (Å²) in [5, 5.41) is 3.48. The van der Waals surface area contributed by atoms with Crippen LogP contribution in [0.1, 0.15) is 19.8 Å². The van der Waals surface area contributed by atoms with E-state index in [1.54, 1.807) is 11.9 Å². The molecule has 0 saturated carbocycles. The van der Waals surface area contributed by atoms with E-state index in [0.717, 1.165) is 48.7 Å². The lowest BCUT2D eigenvalue weighted by molar-refractivity contribution is -0.125. The number of hydrogen-bond donors (Lipinski definition) is 1. The predicted octanol–water partition coefficient (Wildman–Crippen LogP) is 0.988. The fraction of sp³-hybridized carbons (Fsp3) is 0.640. The van der Waals surface area contributed by atoms with Crippen molar-refractivity contribution in [3.63, 3.8) is 0 Å². The number of allylic oxidation sites excluding steroid dienone is 1. The first-order valence-corrected chi connectivity index (χ1v) is 12.4. The van der Waals surface area contributed by atoms with E-state index in [0.29, 0.717) is 45.2 Å². The van der Waals surface area contributed by atoms with E-state index < -0.39 is 0 Å². The summed E-state index contributed by atoms with van der Waals surface area (Å²) in [6.45, 7) is 7.50. The first-order valence-electron chi connectivity index (χ1n) is 12.4. The lowest BCUT2D eigenvalue weighted by atomic mass is 10.0. The van der Waals surface area contributed by atoms with Gasteiger partial charge in [-0.15, -0.1) is 0 Å². The predicted molar refractivity (Wildman–Crippen MR) is 135 cm³/mol. The highest BCUT2D eigenvalue weighted by Crippen LogP contribution is 2.30. The van der Waals surface area contributed by atoms with Crippen molar-refractivity contribution in [2.45, 2.75) is 32.0 Å². The van der Waals surface area contributed by atoms with Crippen LogP contribution in [0, 0.1) is 0 Å². The van der Waals surface area contributed by atoms with Crippen molar-refractivity contribution < 1.29 is 19.0 Å². The van der Waals surface area contributed by atoms with E-state index >= 15 is 0 Å². The minimum Gasteiger partial charge on any atom is -0.493 e. The monoisotopic (exact) mass is 486 g/mol. The Labute approximate surface area is 208 Å². The number of fused-ring (bicyclic) bond motifs is 1. The Morgan fingerprint density at radius 1 is 1.17 bits per heavy atom. The molecule has 0 aromatic heterocycles. The molecule has 4 aliphatic rings. The molecule has 192 valence electrons. The maximum Gasteiger partial charge on any atom is 0.253 e. The number of likely N-dealkylation sites (N-methyl/N-ethyl adjacent to an activating group) is 3. The van der Waals surface area contributed by atoms with Crippen LogP contribution in [-0.4, -0.2) is 119 Å². The van der Waals surface area contributed by atoms with Gasteiger partial charge in [-0.3, -0.25) is 4.79 Å². The van der Waals surface area contributed by atoms with E-state index in [1.807, 2.05) is 6.92 Å². The van der Waals surface area contributed by atoms with Crippen LogP contribution in [0.15, 0.2) is 44.7 Å². The third kappa shape index (κ3) is 6.19. The molecule has 0 saturated heterocycles. The Kier molecular flexibility index (Phi) is 8.72. The van der Waals surface area contributed by atoms with Gasteiger partial charge in [-0.25, -0.2) is 9.98 Å². The summed E-state index contributed by atoms with van der Waals surface area (Å²) in [6, 6.07) is 0. The summed E-state index contributed by atoms with van der Waals surface area (Å²) in [6.07, 6.45) is 6.65. The summed E-state index contributed by atoms with van der Waals surface area (Å²) in [5.74, 6) is 1.49. The molecule has 1 amide bonds. The molecule has 3 aliphatic heterocycles.